The third-order valence-corrected chi connectivity index (χ3v) is 3.71. The van der Waals surface area contributed by atoms with Crippen molar-refractivity contribution in [1.82, 2.24) is 5.32 Å². The number of halogens is 1. The Morgan fingerprint density at radius 3 is 2.41 bits per heavy atom. The Morgan fingerprint density at radius 1 is 1.11 bits per heavy atom. The molecule has 0 aliphatic heterocycles. The van der Waals surface area contributed by atoms with Crippen molar-refractivity contribution < 1.29 is 19.1 Å². The molecule has 0 radical (unpaired) electrons. The summed E-state index contributed by atoms with van der Waals surface area (Å²) in [6.45, 7) is 6.09. The third-order valence-electron chi connectivity index (χ3n) is 3.42. The van der Waals surface area contributed by atoms with Crippen molar-refractivity contribution in [3.63, 3.8) is 0 Å². The summed E-state index contributed by atoms with van der Waals surface area (Å²) in [7, 11) is 0. The van der Waals surface area contributed by atoms with E-state index in [1.807, 2.05) is 20.8 Å². The number of nitrogens with one attached hydrogen (secondary N) is 2. The molecular weight excluding hydrogens is 368 g/mol. The SMILES string of the molecule is CCOc1ccc(C(=O)NCC(=O)Nc2ccc(OC(C)C)c(Cl)c2)cc1. The second-order valence-corrected chi connectivity index (χ2v) is 6.41. The van der Waals surface area contributed by atoms with E-state index < -0.39 is 0 Å². The molecule has 144 valence electrons. The summed E-state index contributed by atoms with van der Waals surface area (Å²) < 4.78 is 10.9. The number of carbonyl (C=O) groups excluding carboxylic acids is 2. The highest BCUT2D eigenvalue weighted by atomic mass is 35.5. The number of anilines is 1. The molecule has 0 bridgehead atoms. The van der Waals surface area contributed by atoms with Gasteiger partial charge in [0.25, 0.3) is 5.91 Å². The maximum absolute atomic E-state index is 12.1. The highest BCUT2D eigenvalue weighted by Crippen LogP contribution is 2.28. The maximum Gasteiger partial charge on any atom is 0.251 e. The molecule has 0 saturated heterocycles. The summed E-state index contributed by atoms with van der Waals surface area (Å²) in [4.78, 5) is 24.1. The van der Waals surface area contributed by atoms with Gasteiger partial charge in [-0.15, -0.1) is 0 Å². The third kappa shape index (κ3) is 6.49. The molecule has 6 nitrogen and oxygen atoms in total. The van der Waals surface area contributed by atoms with Crippen molar-refractivity contribution in [1.29, 1.82) is 0 Å². The number of amides is 2. The molecule has 2 aromatic rings. The molecule has 7 heteroatoms. The second kappa shape index (κ2) is 9.83. The molecule has 2 aromatic carbocycles. The predicted octanol–water partition coefficient (Wildman–Crippen LogP) is 3.89. The van der Waals surface area contributed by atoms with E-state index in [9.17, 15) is 9.59 Å². The zero-order valence-corrected chi connectivity index (χ0v) is 16.3. The lowest BCUT2D eigenvalue weighted by atomic mass is 10.2. The quantitative estimate of drug-likeness (QED) is 0.716. The highest BCUT2D eigenvalue weighted by molar-refractivity contribution is 6.32. The van der Waals surface area contributed by atoms with E-state index in [1.165, 1.54) is 0 Å². The Hall–Kier alpha value is -2.73. The number of ether oxygens (including phenoxy) is 2. The van der Waals surface area contributed by atoms with Crippen LogP contribution in [0, 0.1) is 0 Å². The monoisotopic (exact) mass is 390 g/mol. The van der Waals surface area contributed by atoms with Crippen LogP contribution in [0.3, 0.4) is 0 Å². The average molecular weight is 391 g/mol. The summed E-state index contributed by atoms with van der Waals surface area (Å²) in [5, 5.41) is 5.66. The van der Waals surface area contributed by atoms with Crippen LogP contribution in [0.4, 0.5) is 5.69 Å². The van der Waals surface area contributed by atoms with Gasteiger partial charge in [-0.1, -0.05) is 11.6 Å². The fourth-order valence-electron chi connectivity index (χ4n) is 2.27. The summed E-state index contributed by atoms with van der Waals surface area (Å²) in [6, 6.07) is 11.7. The first kappa shape index (κ1) is 20.6. The van der Waals surface area contributed by atoms with Crippen LogP contribution in [0.15, 0.2) is 42.5 Å². The van der Waals surface area contributed by atoms with E-state index in [0.717, 1.165) is 0 Å². The molecule has 2 amide bonds. The fourth-order valence-corrected chi connectivity index (χ4v) is 2.49. The highest BCUT2D eigenvalue weighted by Gasteiger charge is 2.10. The minimum absolute atomic E-state index is 0.000699. The first-order valence-electron chi connectivity index (χ1n) is 8.66. The molecule has 0 aromatic heterocycles. The number of hydrogen-bond acceptors (Lipinski definition) is 4. The Kier molecular flexibility index (Phi) is 7.49. The van der Waals surface area contributed by atoms with Gasteiger partial charge in [-0.3, -0.25) is 9.59 Å². The maximum atomic E-state index is 12.1. The minimum atomic E-state index is -0.358. The first-order chi connectivity index (χ1) is 12.9. The molecule has 0 aliphatic rings. The number of rotatable bonds is 8. The molecule has 0 saturated carbocycles. The molecule has 0 fully saturated rings. The number of hydrogen-bond donors (Lipinski definition) is 2. The van der Waals surface area contributed by atoms with E-state index in [-0.39, 0.29) is 24.5 Å². The molecular formula is C20H23ClN2O4. The lowest BCUT2D eigenvalue weighted by Gasteiger charge is -2.13. The average Bonchev–Trinajstić information content (AvgIpc) is 2.62. The van der Waals surface area contributed by atoms with Crippen molar-refractivity contribution in [3.05, 3.63) is 53.1 Å². The van der Waals surface area contributed by atoms with Crippen LogP contribution < -0.4 is 20.1 Å². The standard InChI is InChI=1S/C20H23ClN2O4/c1-4-26-16-8-5-14(6-9-16)20(25)22-12-19(24)23-15-7-10-18(17(21)11-15)27-13(2)3/h5-11,13H,4,12H2,1-3H3,(H,22,25)(H,23,24). The second-order valence-electron chi connectivity index (χ2n) is 6.00. The molecule has 27 heavy (non-hydrogen) atoms. The van der Waals surface area contributed by atoms with Crippen molar-refractivity contribution in [2.24, 2.45) is 0 Å². The first-order valence-corrected chi connectivity index (χ1v) is 9.04. The Bertz CT molecular complexity index is 791. The van der Waals surface area contributed by atoms with E-state index in [2.05, 4.69) is 10.6 Å². The van der Waals surface area contributed by atoms with Gasteiger partial charge in [-0.05, 0) is 63.2 Å². The topological polar surface area (TPSA) is 76.7 Å². The zero-order chi connectivity index (χ0) is 19.8. The van der Waals surface area contributed by atoms with Crippen LogP contribution in [-0.4, -0.2) is 31.1 Å². The van der Waals surface area contributed by atoms with E-state index in [0.29, 0.717) is 34.4 Å². The zero-order valence-electron chi connectivity index (χ0n) is 15.5. The van der Waals surface area contributed by atoms with Gasteiger partial charge < -0.3 is 20.1 Å². The molecule has 0 spiro atoms. The number of benzene rings is 2. The lowest BCUT2D eigenvalue weighted by Crippen LogP contribution is -2.32. The minimum Gasteiger partial charge on any atom is -0.494 e. The van der Waals surface area contributed by atoms with Gasteiger partial charge in [0.05, 0.1) is 24.3 Å². The van der Waals surface area contributed by atoms with Gasteiger partial charge in [-0.2, -0.15) is 0 Å². The lowest BCUT2D eigenvalue weighted by molar-refractivity contribution is -0.115. The Labute approximate surface area is 163 Å². The molecule has 0 aliphatic carbocycles. The fraction of sp³-hybridized carbons (Fsp3) is 0.300. The van der Waals surface area contributed by atoms with E-state index >= 15 is 0 Å². The van der Waals surface area contributed by atoms with Crippen LogP contribution in [0.1, 0.15) is 31.1 Å². The van der Waals surface area contributed by atoms with Crippen LogP contribution >= 0.6 is 11.6 Å². The van der Waals surface area contributed by atoms with Crippen molar-refractivity contribution in [2.45, 2.75) is 26.9 Å². The van der Waals surface area contributed by atoms with E-state index in [4.69, 9.17) is 21.1 Å². The van der Waals surface area contributed by atoms with Gasteiger partial charge >= 0.3 is 0 Å². The van der Waals surface area contributed by atoms with Gasteiger partial charge in [-0.25, -0.2) is 0 Å². The summed E-state index contributed by atoms with van der Waals surface area (Å²) in [5.41, 5.74) is 0.973. The Balaban J connectivity index is 1.86. The molecule has 2 rings (SSSR count). The molecule has 0 atom stereocenters. The van der Waals surface area contributed by atoms with E-state index in [1.54, 1.807) is 42.5 Å². The van der Waals surface area contributed by atoms with Gasteiger partial charge in [0.1, 0.15) is 11.5 Å². The van der Waals surface area contributed by atoms with Crippen LogP contribution in [0.25, 0.3) is 0 Å². The Morgan fingerprint density at radius 2 is 1.81 bits per heavy atom. The largest absolute Gasteiger partial charge is 0.494 e. The van der Waals surface area contributed by atoms with Crippen molar-refractivity contribution >= 4 is 29.1 Å². The predicted molar refractivity (Wildman–Crippen MR) is 106 cm³/mol. The van der Waals surface area contributed by atoms with Crippen LogP contribution in [-0.2, 0) is 4.79 Å². The van der Waals surface area contributed by atoms with Crippen molar-refractivity contribution in [2.75, 3.05) is 18.5 Å². The van der Waals surface area contributed by atoms with Crippen LogP contribution in [0.2, 0.25) is 5.02 Å². The number of carbonyl (C=O) groups is 2. The van der Waals surface area contributed by atoms with Crippen molar-refractivity contribution in [3.8, 4) is 11.5 Å². The normalized spacial score (nSPS) is 10.4. The van der Waals surface area contributed by atoms with Gasteiger partial charge in [0.15, 0.2) is 0 Å². The summed E-state index contributed by atoms with van der Waals surface area (Å²) in [5.74, 6) is 0.539. The molecule has 0 unspecified atom stereocenters. The smallest absolute Gasteiger partial charge is 0.251 e. The van der Waals surface area contributed by atoms with Gasteiger partial charge in [0, 0.05) is 11.3 Å². The molecule has 0 heterocycles. The summed E-state index contributed by atoms with van der Waals surface area (Å²) >= 11 is 6.14. The summed E-state index contributed by atoms with van der Waals surface area (Å²) in [6.07, 6.45) is 0.000699. The van der Waals surface area contributed by atoms with Crippen LogP contribution in [0.5, 0.6) is 11.5 Å². The molecule has 2 N–H and O–H groups in total. The van der Waals surface area contributed by atoms with Gasteiger partial charge in [0.2, 0.25) is 5.91 Å².